The Kier molecular flexibility index (Phi) is 4.73. The van der Waals surface area contributed by atoms with Crippen molar-refractivity contribution >= 4 is 22.8 Å². The molecular formula is C23H22N2O2. The normalized spacial score (nSPS) is 15.6. The molecular weight excluding hydrogens is 336 g/mol. The Morgan fingerprint density at radius 2 is 1.89 bits per heavy atom. The second-order valence-corrected chi connectivity index (χ2v) is 7.07. The second kappa shape index (κ2) is 7.33. The van der Waals surface area contributed by atoms with E-state index in [1.807, 2.05) is 36.4 Å². The standard InChI is InChI=1S/C18H17NO2.C5H5N/c20-11-18(9-10-18)19-17(21)15-8-7-13-4-1-3-12-5-2-6-14(15)16(12)13;1-2-4-6-5-3-1/h1-4,6-8,20H,5,9-11H2,(H,19,21);1-5H. The van der Waals surface area contributed by atoms with Gasteiger partial charge in [-0.2, -0.15) is 0 Å². The highest BCUT2D eigenvalue weighted by Gasteiger charge is 2.43. The summed E-state index contributed by atoms with van der Waals surface area (Å²) in [5, 5.41) is 14.7. The molecule has 2 N–H and O–H groups in total. The molecule has 2 aliphatic carbocycles. The van der Waals surface area contributed by atoms with E-state index in [1.54, 1.807) is 12.4 Å². The number of carbonyl (C=O) groups is 1. The SMILES string of the molecule is O=C(NC1(CO)CC1)c1ccc2cccc3c2c1C=CC3.c1ccncc1. The molecule has 1 saturated carbocycles. The van der Waals surface area contributed by atoms with Gasteiger partial charge in [-0.1, -0.05) is 42.5 Å². The van der Waals surface area contributed by atoms with Gasteiger partial charge in [0.1, 0.15) is 0 Å². The summed E-state index contributed by atoms with van der Waals surface area (Å²) >= 11 is 0. The number of hydrogen-bond acceptors (Lipinski definition) is 3. The van der Waals surface area contributed by atoms with Crippen molar-refractivity contribution in [2.45, 2.75) is 24.8 Å². The maximum atomic E-state index is 12.6. The Hall–Kier alpha value is -2.98. The van der Waals surface area contributed by atoms with Gasteiger partial charge in [-0.05, 0) is 59.4 Å². The van der Waals surface area contributed by atoms with Crippen LogP contribution in [0.2, 0.25) is 0 Å². The van der Waals surface area contributed by atoms with E-state index >= 15 is 0 Å². The number of amides is 1. The first kappa shape index (κ1) is 17.4. The molecule has 1 heterocycles. The predicted octanol–water partition coefficient (Wildman–Crippen LogP) is 3.75. The minimum absolute atomic E-state index is 0.0166. The molecule has 1 fully saturated rings. The summed E-state index contributed by atoms with van der Waals surface area (Å²) in [6.07, 6.45) is 10.3. The average Bonchev–Trinajstić information content (AvgIpc) is 3.50. The number of benzene rings is 2. The number of hydrogen-bond donors (Lipinski definition) is 2. The van der Waals surface area contributed by atoms with E-state index in [1.165, 1.54) is 16.3 Å². The molecule has 5 rings (SSSR count). The zero-order valence-corrected chi connectivity index (χ0v) is 15.1. The fraction of sp³-hybridized carbons (Fsp3) is 0.217. The molecule has 136 valence electrons. The van der Waals surface area contributed by atoms with Crippen molar-refractivity contribution in [3.05, 3.63) is 83.7 Å². The van der Waals surface area contributed by atoms with Crippen molar-refractivity contribution in [2.24, 2.45) is 0 Å². The number of aromatic nitrogens is 1. The van der Waals surface area contributed by atoms with E-state index in [0.29, 0.717) is 5.56 Å². The van der Waals surface area contributed by atoms with Gasteiger partial charge in [0.15, 0.2) is 0 Å². The van der Waals surface area contributed by atoms with Gasteiger partial charge < -0.3 is 10.4 Å². The number of carbonyl (C=O) groups excluding carboxylic acids is 1. The van der Waals surface area contributed by atoms with Crippen molar-refractivity contribution in [1.82, 2.24) is 10.3 Å². The molecule has 1 amide bonds. The van der Waals surface area contributed by atoms with Crippen LogP contribution < -0.4 is 5.32 Å². The van der Waals surface area contributed by atoms with Gasteiger partial charge in [0.2, 0.25) is 0 Å². The fourth-order valence-electron chi connectivity index (χ4n) is 3.42. The van der Waals surface area contributed by atoms with Crippen molar-refractivity contribution in [2.75, 3.05) is 6.61 Å². The first-order chi connectivity index (χ1) is 13.2. The first-order valence-electron chi connectivity index (χ1n) is 9.22. The molecule has 0 bridgehead atoms. The zero-order chi connectivity index (χ0) is 18.7. The molecule has 0 spiro atoms. The third-order valence-corrected chi connectivity index (χ3v) is 5.14. The maximum absolute atomic E-state index is 12.6. The summed E-state index contributed by atoms with van der Waals surface area (Å²) in [4.78, 5) is 16.3. The monoisotopic (exact) mass is 358 g/mol. The third kappa shape index (κ3) is 3.62. The van der Waals surface area contributed by atoms with Crippen LogP contribution in [0.3, 0.4) is 0 Å². The third-order valence-electron chi connectivity index (χ3n) is 5.14. The molecule has 1 aromatic heterocycles. The van der Waals surface area contributed by atoms with E-state index in [9.17, 15) is 9.90 Å². The topological polar surface area (TPSA) is 62.2 Å². The van der Waals surface area contributed by atoms with E-state index in [4.69, 9.17) is 0 Å². The molecule has 2 aliphatic rings. The Balaban J connectivity index is 0.000000257. The molecule has 4 heteroatoms. The number of pyridine rings is 1. The molecule has 4 nitrogen and oxygen atoms in total. The van der Waals surface area contributed by atoms with E-state index in [2.05, 4.69) is 34.6 Å². The van der Waals surface area contributed by atoms with Gasteiger partial charge >= 0.3 is 0 Å². The minimum Gasteiger partial charge on any atom is -0.394 e. The molecule has 2 aromatic carbocycles. The van der Waals surface area contributed by atoms with E-state index < -0.39 is 0 Å². The maximum Gasteiger partial charge on any atom is 0.252 e. The molecule has 3 aromatic rings. The summed E-state index contributed by atoms with van der Waals surface area (Å²) in [6.45, 7) is 0.0166. The van der Waals surface area contributed by atoms with E-state index in [0.717, 1.165) is 24.8 Å². The number of rotatable bonds is 3. The van der Waals surface area contributed by atoms with Crippen LogP contribution in [0, 0.1) is 0 Å². The summed E-state index contributed by atoms with van der Waals surface area (Å²) in [6, 6.07) is 15.9. The van der Waals surface area contributed by atoms with Gasteiger partial charge in [-0.3, -0.25) is 9.78 Å². The van der Waals surface area contributed by atoms with Crippen molar-refractivity contribution < 1.29 is 9.90 Å². The number of nitrogens with one attached hydrogen (secondary N) is 1. The van der Waals surface area contributed by atoms with Crippen molar-refractivity contribution in [3.63, 3.8) is 0 Å². The number of allylic oxidation sites excluding steroid dienone is 1. The average molecular weight is 358 g/mol. The minimum atomic E-state index is -0.378. The lowest BCUT2D eigenvalue weighted by molar-refractivity contribution is 0.0907. The number of nitrogens with zero attached hydrogens (tertiary/aromatic N) is 1. The predicted molar refractivity (Wildman–Crippen MR) is 107 cm³/mol. The Morgan fingerprint density at radius 3 is 2.52 bits per heavy atom. The zero-order valence-electron chi connectivity index (χ0n) is 15.1. The summed E-state index contributed by atoms with van der Waals surface area (Å²) < 4.78 is 0. The van der Waals surface area contributed by atoms with Crippen LogP contribution in [0.15, 0.2) is 67.0 Å². The highest BCUT2D eigenvalue weighted by Crippen LogP contribution is 2.36. The molecule has 0 aliphatic heterocycles. The van der Waals surface area contributed by atoms with Crippen LogP contribution in [0.1, 0.15) is 34.3 Å². The lowest BCUT2D eigenvalue weighted by Crippen LogP contribution is -2.39. The van der Waals surface area contributed by atoms with Crippen LogP contribution in [-0.2, 0) is 6.42 Å². The highest BCUT2D eigenvalue weighted by atomic mass is 16.3. The summed E-state index contributed by atoms with van der Waals surface area (Å²) in [5.41, 5.74) is 2.59. The second-order valence-electron chi connectivity index (χ2n) is 7.07. The van der Waals surface area contributed by atoms with Crippen molar-refractivity contribution in [3.8, 4) is 0 Å². The van der Waals surface area contributed by atoms with Gasteiger partial charge in [0, 0.05) is 18.0 Å². The summed E-state index contributed by atoms with van der Waals surface area (Å²) in [5.74, 6) is -0.0835. The van der Waals surface area contributed by atoms with Crippen LogP contribution in [-0.4, -0.2) is 28.1 Å². The lowest BCUT2D eigenvalue weighted by Gasteiger charge is -2.19. The molecule has 0 atom stereocenters. The van der Waals surface area contributed by atoms with Crippen LogP contribution in [0.5, 0.6) is 0 Å². The quantitative estimate of drug-likeness (QED) is 0.750. The van der Waals surface area contributed by atoms with Gasteiger partial charge in [-0.15, -0.1) is 0 Å². The lowest BCUT2D eigenvalue weighted by atomic mass is 9.89. The Labute approximate surface area is 158 Å². The Morgan fingerprint density at radius 1 is 1.07 bits per heavy atom. The van der Waals surface area contributed by atoms with E-state index in [-0.39, 0.29) is 18.1 Å². The largest absolute Gasteiger partial charge is 0.394 e. The summed E-state index contributed by atoms with van der Waals surface area (Å²) in [7, 11) is 0. The number of aliphatic hydroxyl groups is 1. The first-order valence-corrected chi connectivity index (χ1v) is 9.22. The van der Waals surface area contributed by atoms with Crippen LogP contribution in [0.25, 0.3) is 16.8 Å². The molecule has 0 saturated heterocycles. The Bertz CT molecular complexity index is 965. The fourth-order valence-corrected chi connectivity index (χ4v) is 3.42. The smallest absolute Gasteiger partial charge is 0.252 e. The molecule has 27 heavy (non-hydrogen) atoms. The molecule has 0 unspecified atom stereocenters. The van der Waals surface area contributed by atoms with Gasteiger partial charge in [0.05, 0.1) is 12.1 Å². The van der Waals surface area contributed by atoms with Gasteiger partial charge in [0.25, 0.3) is 5.91 Å². The highest BCUT2D eigenvalue weighted by molar-refractivity contribution is 6.07. The van der Waals surface area contributed by atoms with Gasteiger partial charge in [-0.25, -0.2) is 0 Å². The molecule has 0 radical (unpaired) electrons. The van der Waals surface area contributed by atoms with Crippen LogP contribution in [0.4, 0.5) is 0 Å². The number of aliphatic hydroxyl groups excluding tert-OH is 1. The van der Waals surface area contributed by atoms with Crippen molar-refractivity contribution in [1.29, 1.82) is 0 Å². The van der Waals surface area contributed by atoms with Crippen LogP contribution >= 0.6 is 0 Å².